The monoisotopic (exact) mass is 219 g/mol. The molecule has 0 aliphatic heterocycles. The van der Waals surface area contributed by atoms with Gasteiger partial charge in [0.2, 0.25) is 0 Å². The third kappa shape index (κ3) is 2.38. The van der Waals surface area contributed by atoms with Crippen molar-refractivity contribution in [3.63, 3.8) is 0 Å². The normalized spacial score (nSPS) is 10.6. The van der Waals surface area contributed by atoms with Gasteiger partial charge in [-0.25, -0.2) is 4.98 Å². The SMILES string of the molecule is NCCn1cnc(C(=O)Cc2ccoc2)c1. The predicted octanol–water partition coefficient (Wildman–Crippen LogP) is 0.860. The van der Waals surface area contributed by atoms with Crippen LogP contribution in [-0.4, -0.2) is 21.9 Å². The molecular weight excluding hydrogens is 206 g/mol. The topological polar surface area (TPSA) is 74.1 Å². The minimum atomic E-state index is -0.0165. The second-order valence-corrected chi connectivity index (χ2v) is 3.52. The van der Waals surface area contributed by atoms with Crippen LogP contribution in [0.2, 0.25) is 0 Å². The number of nitrogens with two attached hydrogens (primary N) is 1. The first kappa shape index (κ1) is 10.6. The molecule has 2 aromatic rings. The lowest BCUT2D eigenvalue weighted by Gasteiger charge is -1.96. The van der Waals surface area contributed by atoms with E-state index in [1.165, 1.54) is 0 Å². The van der Waals surface area contributed by atoms with E-state index < -0.39 is 0 Å². The number of hydrogen-bond acceptors (Lipinski definition) is 4. The largest absolute Gasteiger partial charge is 0.472 e. The molecule has 16 heavy (non-hydrogen) atoms. The van der Waals surface area contributed by atoms with E-state index in [1.807, 2.05) is 4.57 Å². The molecule has 0 fully saturated rings. The van der Waals surface area contributed by atoms with Gasteiger partial charge in [0.05, 0.1) is 18.9 Å². The van der Waals surface area contributed by atoms with Crippen LogP contribution in [0.4, 0.5) is 0 Å². The van der Waals surface area contributed by atoms with E-state index in [-0.39, 0.29) is 5.78 Å². The van der Waals surface area contributed by atoms with Gasteiger partial charge in [0, 0.05) is 25.7 Å². The Bertz CT molecular complexity index is 459. The Morgan fingerprint density at radius 2 is 2.44 bits per heavy atom. The van der Waals surface area contributed by atoms with Gasteiger partial charge in [-0.1, -0.05) is 0 Å². The van der Waals surface area contributed by atoms with Gasteiger partial charge in [-0.05, 0) is 11.6 Å². The van der Waals surface area contributed by atoms with Gasteiger partial charge in [0.1, 0.15) is 5.69 Å². The number of aromatic nitrogens is 2. The van der Waals surface area contributed by atoms with Gasteiger partial charge in [-0.15, -0.1) is 0 Å². The van der Waals surface area contributed by atoms with E-state index in [0.29, 0.717) is 25.2 Å². The Kier molecular flexibility index (Phi) is 3.16. The lowest BCUT2D eigenvalue weighted by Crippen LogP contribution is -2.08. The number of imidazole rings is 1. The smallest absolute Gasteiger partial charge is 0.187 e. The third-order valence-corrected chi connectivity index (χ3v) is 2.25. The molecule has 2 heterocycles. The Morgan fingerprint density at radius 3 is 3.12 bits per heavy atom. The highest BCUT2D eigenvalue weighted by Crippen LogP contribution is 2.06. The molecule has 5 heteroatoms. The number of carbonyl (C=O) groups excluding carboxylic acids is 1. The number of carbonyl (C=O) groups is 1. The molecule has 0 radical (unpaired) electrons. The van der Waals surface area contributed by atoms with E-state index in [1.54, 1.807) is 31.1 Å². The molecular formula is C11H13N3O2. The summed E-state index contributed by atoms with van der Waals surface area (Å²) in [7, 11) is 0. The van der Waals surface area contributed by atoms with Crippen molar-refractivity contribution in [2.24, 2.45) is 5.73 Å². The Hall–Kier alpha value is -1.88. The molecule has 0 spiro atoms. The van der Waals surface area contributed by atoms with Crippen LogP contribution in [0.25, 0.3) is 0 Å². The van der Waals surface area contributed by atoms with E-state index in [4.69, 9.17) is 10.2 Å². The van der Waals surface area contributed by atoms with Crippen molar-refractivity contribution >= 4 is 5.78 Å². The summed E-state index contributed by atoms with van der Waals surface area (Å²) in [5.74, 6) is -0.0165. The summed E-state index contributed by atoms with van der Waals surface area (Å²) in [5, 5.41) is 0. The van der Waals surface area contributed by atoms with Crippen molar-refractivity contribution in [2.75, 3.05) is 6.54 Å². The molecule has 0 saturated carbocycles. The molecule has 84 valence electrons. The lowest BCUT2D eigenvalue weighted by molar-refractivity contribution is 0.0988. The highest BCUT2D eigenvalue weighted by Gasteiger charge is 2.10. The van der Waals surface area contributed by atoms with Crippen LogP contribution < -0.4 is 5.73 Å². The van der Waals surface area contributed by atoms with Crippen molar-refractivity contribution in [1.82, 2.24) is 9.55 Å². The summed E-state index contributed by atoms with van der Waals surface area (Å²) in [6.07, 6.45) is 6.77. The molecule has 2 N–H and O–H groups in total. The van der Waals surface area contributed by atoms with Gasteiger partial charge < -0.3 is 14.7 Å². The van der Waals surface area contributed by atoms with Crippen LogP contribution in [-0.2, 0) is 13.0 Å². The van der Waals surface area contributed by atoms with Crippen molar-refractivity contribution in [1.29, 1.82) is 0 Å². The lowest BCUT2D eigenvalue weighted by atomic mass is 10.1. The van der Waals surface area contributed by atoms with Crippen LogP contribution in [0.5, 0.6) is 0 Å². The minimum Gasteiger partial charge on any atom is -0.472 e. The first-order valence-electron chi connectivity index (χ1n) is 5.05. The van der Waals surface area contributed by atoms with Gasteiger partial charge >= 0.3 is 0 Å². The second-order valence-electron chi connectivity index (χ2n) is 3.52. The first-order chi connectivity index (χ1) is 7.79. The standard InChI is InChI=1S/C11H13N3O2/c12-2-3-14-6-10(13-8-14)11(15)5-9-1-4-16-7-9/h1,4,6-8H,2-3,5,12H2. The Morgan fingerprint density at radius 1 is 1.56 bits per heavy atom. The number of rotatable bonds is 5. The number of nitrogens with zero attached hydrogens (tertiary/aromatic N) is 2. The quantitative estimate of drug-likeness (QED) is 0.757. The molecule has 0 aliphatic rings. The molecule has 0 amide bonds. The molecule has 0 aliphatic carbocycles. The highest BCUT2D eigenvalue weighted by atomic mass is 16.3. The van der Waals surface area contributed by atoms with Crippen LogP contribution in [0.3, 0.4) is 0 Å². The maximum atomic E-state index is 11.8. The first-order valence-corrected chi connectivity index (χ1v) is 5.05. The molecule has 0 bridgehead atoms. The van der Waals surface area contributed by atoms with Crippen molar-refractivity contribution in [3.8, 4) is 0 Å². The minimum absolute atomic E-state index is 0.0165. The summed E-state index contributed by atoms with van der Waals surface area (Å²) in [6, 6.07) is 1.77. The molecule has 0 aromatic carbocycles. The van der Waals surface area contributed by atoms with E-state index >= 15 is 0 Å². The molecule has 5 nitrogen and oxygen atoms in total. The van der Waals surface area contributed by atoms with Crippen LogP contribution >= 0.6 is 0 Å². The summed E-state index contributed by atoms with van der Waals surface area (Å²) in [4.78, 5) is 15.8. The molecule has 0 atom stereocenters. The van der Waals surface area contributed by atoms with Gasteiger partial charge in [-0.3, -0.25) is 4.79 Å². The molecule has 0 unspecified atom stereocenters. The zero-order valence-corrected chi connectivity index (χ0v) is 8.80. The molecule has 2 aromatic heterocycles. The maximum absolute atomic E-state index is 11.8. The van der Waals surface area contributed by atoms with Crippen LogP contribution in [0.15, 0.2) is 35.5 Å². The number of hydrogen-bond donors (Lipinski definition) is 1. The summed E-state index contributed by atoms with van der Waals surface area (Å²) >= 11 is 0. The summed E-state index contributed by atoms with van der Waals surface area (Å²) in [5.41, 5.74) is 6.74. The van der Waals surface area contributed by atoms with Crippen molar-refractivity contribution in [3.05, 3.63) is 42.4 Å². The Labute approximate surface area is 92.9 Å². The van der Waals surface area contributed by atoms with Crippen molar-refractivity contribution in [2.45, 2.75) is 13.0 Å². The molecule has 2 rings (SSSR count). The van der Waals surface area contributed by atoms with Crippen molar-refractivity contribution < 1.29 is 9.21 Å². The van der Waals surface area contributed by atoms with Gasteiger partial charge in [-0.2, -0.15) is 0 Å². The fraction of sp³-hybridized carbons (Fsp3) is 0.273. The number of Topliss-reactive ketones (excluding diaryl/α,β-unsaturated/α-hetero) is 1. The second kappa shape index (κ2) is 4.76. The Balaban J connectivity index is 2.03. The summed E-state index contributed by atoms with van der Waals surface area (Å²) in [6.45, 7) is 1.21. The van der Waals surface area contributed by atoms with E-state index in [2.05, 4.69) is 4.98 Å². The van der Waals surface area contributed by atoms with Gasteiger partial charge in [0.15, 0.2) is 5.78 Å². The fourth-order valence-corrected chi connectivity index (χ4v) is 1.44. The third-order valence-electron chi connectivity index (χ3n) is 2.25. The fourth-order valence-electron chi connectivity index (χ4n) is 1.44. The predicted molar refractivity (Wildman–Crippen MR) is 58.0 cm³/mol. The van der Waals surface area contributed by atoms with E-state index in [0.717, 1.165) is 5.56 Å². The van der Waals surface area contributed by atoms with Gasteiger partial charge in [0.25, 0.3) is 0 Å². The average Bonchev–Trinajstić information content (AvgIpc) is 2.89. The summed E-state index contributed by atoms with van der Waals surface area (Å²) < 4.78 is 6.71. The average molecular weight is 219 g/mol. The highest BCUT2D eigenvalue weighted by molar-refractivity contribution is 5.95. The van der Waals surface area contributed by atoms with Crippen LogP contribution in [0, 0.1) is 0 Å². The number of furan rings is 1. The number of ketones is 1. The zero-order chi connectivity index (χ0) is 11.4. The maximum Gasteiger partial charge on any atom is 0.187 e. The van der Waals surface area contributed by atoms with Crippen LogP contribution in [0.1, 0.15) is 16.1 Å². The van der Waals surface area contributed by atoms with E-state index in [9.17, 15) is 4.79 Å². The molecule has 0 saturated heterocycles. The zero-order valence-electron chi connectivity index (χ0n) is 8.80.